The highest BCUT2D eigenvalue weighted by molar-refractivity contribution is 5.97. The molecular formula is C17H21Cl3N6. The van der Waals surface area contributed by atoms with Gasteiger partial charge in [0.1, 0.15) is 0 Å². The molecule has 5 N–H and O–H groups in total. The number of hydrogen-bond acceptors (Lipinski definition) is 3. The van der Waals surface area contributed by atoms with E-state index in [1.54, 1.807) is 0 Å². The second-order valence-corrected chi connectivity index (χ2v) is 4.18. The molecular weight excluding hydrogens is 395 g/mol. The summed E-state index contributed by atoms with van der Waals surface area (Å²) in [5.74, 6) is 19.4. The molecule has 0 amide bonds. The lowest BCUT2D eigenvalue weighted by Crippen LogP contribution is -2.41. The zero-order chi connectivity index (χ0) is 17.3. The lowest BCUT2D eigenvalue weighted by atomic mass is 10.4. The number of guanidine groups is 2. The molecule has 0 rings (SSSR count). The van der Waals surface area contributed by atoms with Crippen molar-refractivity contribution in [3.8, 4) is 59.8 Å². The summed E-state index contributed by atoms with van der Waals surface area (Å²) >= 11 is 0. The summed E-state index contributed by atoms with van der Waals surface area (Å²) < 4.78 is 0. The van der Waals surface area contributed by atoms with Crippen LogP contribution in [0.15, 0.2) is 9.98 Å². The zero-order valence-corrected chi connectivity index (χ0v) is 16.9. The smallest absolute Gasteiger partial charge is 0.209 e. The Morgan fingerprint density at radius 3 is 2.00 bits per heavy atom. The van der Waals surface area contributed by atoms with Gasteiger partial charge in [-0.1, -0.05) is 0 Å². The van der Waals surface area contributed by atoms with Gasteiger partial charge in [-0.15, -0.1) is 43.6 Å². The van der Waals surface area contributed by atoms with Gasteiger partial charge in [0.15, 0.2) is 5.96 Å². The van der Waals surface area contributed by atoms with Crippen molar-refractivity contribution < 1.29 is 0 Å². The molecule has 9 heteroatoms. The molecule has 140 valence electrons. The van der Waals surface area contributed by atoms with Gasteiger partial charge in [0, 0.05) is 30.2 Å². The van der Waals surface area contributed by atoms with Gasteiger partial charge in [0.05, 0.1) is 6.04 Å². The number of halogens is 3. The minimum Gasteiger partial charge on any atom is -0.370 e. The van der Waals surface area contributed by atoms with Crippen molar-refractivity contribution in [1.82, 2.24) is 10.2 Å². The first kappa shape index (κ1) is 31.2. The van der Waals surface area contributed by atoms with Crippen molar-refractivity contribution in [2.75, 3.05) is 27.2 Å². The van der Waals surface area contributed by atoms with Gasteiger partial charge in [0.25, 0.3) is 0 Å². The van der Waals surface area contributed by atoms with E-state index in [9.17, 15) is 0 Å². The largest absolute Gasteiger partial charge is 0.370 e. The van der Waals surface area contributed by atoms with Crippen LogP contribution < -0.4 is 16.8 Å². The summed E-state index contributed by atoms with van der Waals surface area (Å²) in [4.78, 5) is 9.89. The summed E-state index contributed by atoms with van der Waals surface area (Å²) in [6.45, 7) is 1.53. The van der Waals surface area contributed by atoms with E-state index < -0.39 is 0 Å². The predicted octanol–water partition coefficient (Wildman–Crippen LogP) is 0.0268. The van der Waals surface area contributed by atoms with Gasteiger partial charge in [-0.05, 0) is 50.7 Å². The van der Waals surface area contributed by atoms with Gasteiger partial charge in [0.2, 0.25) is 5.96 Å². The molecule has 0 saturated heterocycles. The molecule has 0 aromatic carbocycles. The van der Waals surface area contributed by atoms with Crippen molar-refractivity contribution in [3.63, 3.8) is 0 Å². The van der Waals surface area contributed by atoms with Crippen molar-refractivity contribution in [3.05, 3.63) is 0 Å². The number of nitrogens with two attached hydrogens (primary N) is 2. The Morgan fingerprint density at radius 1 is 0.923 bits per heavy atom. The van der Waals surface area contributed by atoms with Crippen LogP contribution in [-0.4, -0.2) is 44.0 Å². The van der Waals surface area contributed by atoms with Gasteiger partial charge in [-0.3, -0.25) is 10.3 Å². The van der Waals surface area contributed by atoms with Crippen LogP contribution in [0.1, 0.15) is 6.42 Å². The molecule has 0 aliphatic carbocycles. The summed E-state index contributed by atoms with van der Waals surface area (Å²) in [7, 11) is 3.99. The molecule has 0 aromatic heterocycles. The minimum absolute atomic E-state index is 0. The van der Waals surface area contributed by atoms with E-state index in [-0.39, 0.29) is 49.1 Å². The minimum atomic E-state index is 0. The Labute approximate surface area is 174 Å². The third-order valence-corrected chi connectivity index (χ3v) is 1.98. The van der Waals surface area contributed by atoms with Crippen LogP contribution in [0.5, 0.6) is 0 Å². The Bertz CT molecular complexity index is 735. The highest BCUT2D eigenvalue weighted by atomic mass is 35.5. The van der Waals surface area contributed by atoms with Gasteiger partial charge >= 0.3 is 0 Å². The molecule has 0 atom stereocenters. The van der Waals surface area contributed by atoms with Crippen LogP contribution in [0.3, 0.4) is 0 Å². The fourth-order valence-electron chi connectivity index (χ4n) is 1.09. The predicted molar refractivity (Wildman–Crippen MR) is 116 cm³/mol. The molecule has 0 spiro atoms. The van der Waals surface area contributed by atoms with E-state index in [2.05, 4.69) is 73.6 Å². The summed E-state index contributed by atoms with van der Waals surface area (Å²) in [6, 6.07) is 2.40. The molecule has 6 nitrogen and oxygen atoms in total. The fraction of sp³-hybridized carbons (Fsp3) is 0.294. The average Bonchev–Trinajstić information content (AvgIpc) is 2.49. The Morgan fingerprint density at radius 2 is 1.46 bits per heavy atom. The summed E-state index contributed by atoms with van der Waals surface area (Å²) in [5, 5.41) is 2.62. The van der Waals surface area contributed by atoms with E-state index in [4.69, 9.17) is 17.9 Å². The third kappa shape index (κ3) is 23.6. The number of terminal acetylenes is 1. The second-order valence-electron chi connectivity index (χ2n) is 4.18. The molecule has 0 fully saturated rings. The number of nitrogens with one attached hydrogen (secondary N) is 1. The summed E-state index contributed by atoms with van der Waals surface area (Å²) in [5.41, 5.74) is 11.2. The van der Waals surface area contributed by atoms with Crippen LogP contribution in [0.2, 0.25) is 0 Å². The molecule has 0 radical (unpaired) electrons. The van der Waals surface area contributed by atoms with Gasteiger partial charge < -0.3 is 16.4 Å². The van der Waals surface area contributed by atoms with Crippen LogP contribution in [0, 0.1) is 59.8 Å². The zero-order valence-electron chi connectivity index (χ0n) is 14.4. The molecule has 0 aliphatic heterocycles. The number of nitrogens with zero attached hydrogens (tertiary/aromatic N) is 3. The van der Waals surface area contributed by atoms with Crippen LogP contribution in [-0.2, 0) is 0 Å². The Kier molecular flexibility index (Phi) is 26.8. The number of hydrogen-bond donors (Lipinski definition) is 3. The molecule has 0 unspecified atom stereocenters. The highest BCUT2D eigenvalue weighted by Crippen LogP contribution is 1.83. The molecule has 0 aromatic rings. The fourth-order valence-corrected chi connectivity index (χ4v) is 1.09. The SMILES string of the molecule is C#CC#CC#CC#CC#CN=C(N)NC(N)=NCCCN(C)C.Cl.Cl.Cl. The van der Waals surface area contributed by atoms with Crippen LogP contribution in [0.25, 0.3) is 0 Å². The second kappa shape index (κ2) is 22.4. The van der Waals surface area contributed by atoms with E-state index in [1.807, 2.05) is 14.1 Å². The maximum atomic E-state index is 5.64. The first-order valence-electron chi connectivity index (χ1n) is 6.56. The lowest BCUT2D eigenvalue weighted by molar-refractivity contribution is 0.403. The topological polar surface area (TPSA) is 92.0 Å². The monoisotopic (exact) mass is 414 g/mol. The van der Waals surface area contributed by atoms with E-state index >= 15 is 0 Å². The van der Waals surface area contributed by atoms with Crippen molar-refractivity contribution in [1.29, 1.82) is 0 Å². The average molecular weight is 416 g/mol. The van der Waals surface area contributed by atoms with Crippen LogP contribution >= 0.6 is 37.2 Å². The van der Waals surface area contributed by atoms with Crippen molar-refractivity contribution in [2.24, 2.45) is 21.5 Å². The molecule has 0 saturated carbocycles. The van der Waals surface area contributed by atoms with E-state index in [1.165, 1.54) is 0 Å². The third-order valence-electron chi connectivity index (χ3n) is 1.98. The lowest BCUT2D eigenvalue weighted by Gasteiger charge is -2.07. The first-order chi connectivity index (χ1) is 11.1. The molecule has 26 heavy (non-hydrogen) atoms. The Hall–Kier alpha value is -2.63. The van der Waals surface area contributed by atoms with Crippen LogP contribution in [0.4, 0.5) is 0 Å². The maximum absolute atomic E-state index is 5.64. The molecule has 0 bridgehead atoms. The Balaban J connectivity index is -0.000000807. The number of rotatable bonds is 4. The summed E-state index contributed by atoms with van der Waals surface area (Å²) in [6.07, 6.45) is 5.81. The highest BCUT2D eigenvalue weighted by Gasteiger charge is 1.94. The standard InChI is InChI=1S/C17H18N6.3ClH/c1-4-5-6-7-8-9-10-11-13-20-16(18)22-17(19)21-14-12-15-23(2)3;;;/h1H,12,14-15H2,2-3H3,(H5,18,19,20,21,22);3*1H. The number of aliphatic imine (C=N–C) groups is 2. The quantitative estimate of drug-likeness (QED) is 0.261. The maximum Gasteiger partial charge on any atom is 0.209 e. The normalized spacial score (nSPS) is 8.54. The first-order valence-corrected chi connectivity index (χ1v) is 6.56. The van der Waals surface area contributed by atoms with Gasteiger partial charge in [-0.2, -0.15) is 4.99 Å². The molecule has 0 heterocycles. The molecule has 0 aliphatic rings. The van der Waals surface area contributed by atoms with Gasteiger partial charge in [-0.25, -0.2) is 0 Å². The van der Waals surface area contributed by atoms with E-state index in [0.29, 0.717) is 6.54 Å². The van der Waals surface area contributed by atoms with Crippen molar-refractivity contribution >= 4 is 49.1 Å². The van der Waals surface area contributed by atoms with Crippen molar-refractivity contribution in [2.45, 2.75) is 6.42 Å². The van der Waals surface area contributed by atoms with E-state index in [0.717, 1.165) is 13.0 Å².